The number of carbonyl (C=O) groups is 1. The molecule has 0 amide bonds. The van der Waals surface area contributed by atoms with Crippen LogP contribution >= 0.6 is 0 Å². The molecular weight excluding hydrogens is 350 g/mol. The summed E-state index contributed by atoms with van der Waals surface area (Å²) in [5.74, 6) is 0.144. The molecule has 3 rings (SSSR count). The van der Waals surface area contributed by atoms with Crippen molar-refractivity contribution in [3.05, 3.63) is 64.8 Å². The molecule has 0 radical (unpaired) electrons. The van der Waals surface area contributed by atoms with Crippen LogP contribution in [0.15, 0.2) is 42.6 Å². The number of nitrogens with one attached hydrogen (secondary N) is 1. The normalized spacial score (nSPS) is 11.7. The van der Waals surface area contributed by atoms with Crippen LogP contribution in [0.25, 0.3) is 10.9 Å². The van der Waals surface area contributed by atoms with Crippen LogP contribution in [0.1, 0.15) is 55.4 Å². The molecule has 0 aliphatic rings. The summed E-state index contributed by atoms with van der Waals surface area (Å²) in [6, 6.07) is 12.3. The molecule has 2 N–H and O–H groups in total. The highest BCUT2D eigenvalue weighted by atomic mass is 16.5. The molecule has 4 heteroatoms. The first kappa shape index (κ1) is 20.0. The van der Waals surface area contributed by atoms with Crippen molar-refractivity contribution in [2.45, 2.75) is 51.9 Å². The van der Waals surface area contributed by atoms with E-state index < -0.39 is 0 Å². The van der Waals surface area contributed by atoms with Crippen LogP contribution in [0, 0.1) is 6.92 Å². The number of phenolic OH excluding ortho intramolecular Hbond substituents is 1. The van der Waals surface area contributed by atoms with Crippen LogP contribution in [0.5, 0.6) is 5.75 Å². The van der Waals surface area contributed by atoms with Gasteiger partial charge in [0.05, 0.1) is 7.11 Å². The third kappa shape index (κ3) is 3.51. The van der Waals surface area contributed by atoms with Crippen LogP contribution in [0.3, 0.4) is 0 Å². The lowest BCUT2D eigenvalue weighted by Crippen LogP contribution is -2.25. The zero-order chi connectivity index (χ0) is 20.3. The van der Waals surface area contributed by atoms with E-state index in [2.05, 4.69) is 49.3 Å². The molecule has 4 nitrogen and oxygen atoms in total. The number of rotatable bonds is 7. The van der Waals surface area contributed by atoms with Crippen molar-refractivity contribution in [3.8, 4) is 5.75 Å². The Balaban J connectivity index is 2.04. The summed E-state index contributed by atoms with van der Waals surface area (Å²) in [5, 5.41) is 11.2. The van der Waals surface area contributed by atoms with Gasteiger partial charge in [-0.3, -0.25) is 4.79 Å². The maximum absolute atomic E-state index is 11.4. The lowest BCUT2D eigenvalue weighted by molar-refractivity contribution is -0.140. The predicted octanol–water partition coefficient (Wildman–Crippen LogP) is 5.39. The van der Waals surface area contributed by atoms with E-state index in [1.165, 1.54) is 23.6 Å². The fourth-order valence-corrected chi connectivity index (χ4v) is 4.22. The molecule has 0 saturated heterocycles. The summed E-state index contributed by atoms with van der Waals surface area (Å²) in [6.07, 6.45) is 5.09. The minimum absolute atomic E-state index is 0.121. The van der Waals surface area contributed by atoms with Gasteiger partial charge in [-0.2, -0.15) is 0 Å². The number of aromatic amines is 1. The summed E-state index contributed by atoms with van der Waals surface area (Å²) in [4.78, 5) is 14.9. The molecule has 0 aliphatic carbocycles. The lowest BCUT2D eigenvalue weighted by Gasteiger charge is -2.33. The predicted molar refractivity (Wildman–Crippen MR) is 113 cm³/mol. The molecule has 3 aromatic rings. The van der Waals surface area contributed by atoms with Crippen molar-refractivity contribution >= 4 is 16.9 Å². The quantitative estimate of drug-likeness (QED) is 0.541. The van der Waals surface area contributed by atoms with E-state index in [0.717, 1.165) is 29.5 Å². The molecule has 0 aliphatic heterocycles. The first-order chi connectivity index (χ1) is 13.4. The molecule has 0 unspecified atom stereocenters. The highest BCUT2D eigenvalue weighted by Gasteiger charge is 2.33. The highest BCUT2D eigenvalue weighted by Crippen LogP contribution is 2.43. The fourth-order valence-electron chi connectivity index (χ4n) is 4.22. The summed E-state index contributed by atoms with van der Waals surface area (Å²) in [6.45, 7) is 6.38. The molecule has 0 spiro atoms. The van der Waals surface area contributed by atoms with E-state index in [9.17, 15) is 9.90 Å². The number of benzene rings is 2. The van der Waals surface area contributed by atoms with Crippen molar-refractivity contribution in [2.24, 2.45) is 0 Å². The second-order valence-corrected chi connectivity index (χ2v) is 7.45. The van der Waals surface area contributed by atoms with E-state index in [-0.39, 0.29) is 11.4 Å². The second kappa shape index (κ2) is 8.09. The third-order valence-corrected chi connectivity index (χ3v) is 6.06. The van der Waals surface area contributed by atoms with Crippen LogP contribution in [-0.2, 0) is 21.4 Å². The molecular formula is C24H29NO3. The average molecular weight is 380 g/mol. The average Bonchev–Trinajstić information content (AvgIpc) is 3.14. The maximum Gasteiger partial charge on any atom is 0.305 e. The lowest BCUT2D eigenvalue weighted by atomic mass is 9.70. The van der Waals surface area contributed by atoms with Crippen molar-refractivity contribution < 1.29 is 14.6 Å². The summed E-state index contributed by atoms with van der Waals surface area (Å²) >= 11 is 0. The maximum atomic E-state index is 11.4. The van der Waals surface area contributed by atoms with Gasteiger partial charge in [0.15, 0.2) is 0 Å². The Hall–Kier alpha value is -2.75. The van der Waals surface area contributed by atoms with E-state index in [4.69, 9.17) is 4.74 Å². The van der Waals surface area contributed by atoms with E-state index in [0.29, 0.717) is 18.6 Å². The first-order valence-electron chi connectivity index (χ1n) is 9.92. The van der Waals surface area contributed by atoms with Gasteiger partial charge < -0.3 is 14.8 Å². The number of fused-ring (bicyclic) bond motifs is 1. The molecule has 0 fully saturated rings. The summed E-state index contributed by atoms with van der Waals surface area (Å²) < 4.78 is 4.74. The molecule has 1 heterocycles. The minimum Gasteiger partial charge on any atom is -0.508 e. The fraction of sp³-hybridized carbons (Fsp3) is 0.375. The van der Waals surface area contributed by atoms with Gasteiger partial charge in [0, 0.05) is 28.9 Å². The van der Waals surface area contributed by atoms with Gasteiger partial charge in [-0.05, 0) is 60.6 Å². The van der Waals surface area contributed by atoms with Crippen LogP contribution in [0.4, 0.5) is 0 Å². The molecule has 28 heavy (non-hydrogen) atoms. The molecule has 2 aromatic carbocycles. The summed E-state index contributed by atoms with van der Waals surface area (Å²) in [7, 11) is 1.42. The second-order valence-electron chi connectivity index (χ2n) is 7.45. The van der Waals surface area contributed by atoms with E-state index in [1.54, 1.807) is 6.07 Å². The minimum atomic E-state index is -0.189. The smallest absolute Gasteiger partial charge is 0.305 e. The number of hydrogen-bond acceptors (Lipinski definition) is 3. The van der Waals surface area contributed by atoms with Gasteiger partial charge >= 0.3 is 5.97 Å². The number of phenols is 1. The number of esters is 1. The Labute approximate surface area is 166 Å². The number of aryl methyl sites for hydroxylation is 2. The van der Waals surface area contributed by atoms with Crippen LogP contribution in [0.2, 0.25) is 0 Å². The van der Waals surface area contributed by atoms with Crippen molar-refractivity contribution in [1.82, 2.24) is 4.98 Å². The van der Waals surface area contributed by atoms with Gasteiger partial charge in [0.1, 0.15) is 5.75 Å². The molecule has 148 valence electrons. The number of hydrogen-bond donors (Lipinski definition) is 2. The Morgan fingerprint density at radius 1 is 1.14 bits per heavy atom. The number of ether oxygens (including phenoxy) is 1. The van der Waals surface area contributed by atoms with Gasteiger partial charge in [0.2, 0.25) is 0 Å². The Morgan fingerprint density at radius 2 is 1.89 bits per heavy atom. The van der Waals surface area contributed by atoms with Gasteiger partial charge in [0.25, 0.3) is 0 Å². The van der Waals surface area contributed by atoms with Gasteiger partial charge in [-0.15, -0.1) is 0 Å². The van der Waals surface area contributed by atoms with Crippen molar-refractivity contribution in [2.75, 3.05) is 7.11 Å². The first-order valence-corrected chi connectivity index (χ1v) is 9.92. The monoisotopic (exact) mass is 379 g/mol. The molecule has 0 saturated carbocycles. The standard InChI is InChI=1S/C24H29NO3/c1-5-24(6-2,18-9-11-22(26)16(3)13-18)20-15-25-21-14-17(7-10-19(20)21)8-12-23(27)28-4/h7,9-11,13-15,25-26H,5-6,8,12H2,1-4H3. The Kier molecular flexibility index (Phi) is 5.78. The zero-order valence-electron chi connectivity index (χ0n) is 17.1. The van der Waals surface area contributed by atoms with Gasteiger partial charge in [-0.1, -0.05) is 38.1 Å². The van der Waals surface area contributed by atoms with Crippen molar-refractivity contribution in [1.29, 1.82) is 0 Å². The largest absolute Gasteiger partial charge is 0.508 e. The molecule has 0 atom stereocenters. The number of carbonyl (C=O) groups excluding carboxylic acids is 1. The van der Waals surface area contributed by atoms with Crippen molar-refractivity contribution in [3.63, 3.8) is 0 Å². The highest BCUT2D eigenvalue weighted by molar-refractivity contribution is 5.86. The number of H-pyrrole nitrogens is 1. The van der Waals surface area contributed by atoms with E-state index in [1.807, 2.05) is 13.0 Å². The SMILES string of the molecule is CCC(CC)(c1ccc(O)c(C)c1)c1c[nH]c2cc(CCC(=O)OC)ccc12. The Bertz CT molecular complexity index is 983. The molecule has 1 aromatic heterocycles. The topological polar surface area (TPSA) is 62.3 Å². The van der Waals surface area contributed by atoms with Crippen LogP contribution in [-0.4, -0.2) is 23.2 Å². The Morgan fingerprint density at radius 3 is 2.54 bits per heavy atom. The zero-order valence-corrected chi connectivity index (χ0v) is 17.1. The van der Waals surface area contributed by atoms with E-state index >= 15 is 0 Å². The molecule has 0 bridgehead atoms. The number of aromatic hydroxyl groups is 1. The van der Waals surface area contributed by atoms with Crippen LogP contribution < -0.4 is 0 Å². The number of methoxy groups -OCH3 is 1. The van der Waals surface area contributed by atoms with Gasteiger partial charge in [-0.25, -0.2) is 0 Å². The third-order valence-electron chi connectivity index (χ3n) is 6.06. The number of aromatic nitrogens is 1. The summed E-state index contributed by atoms with van der Waals surface area (Å²) in [5.41, 5.74) is 5.48.